The molecule has 0 saturated heterocycles. The summed E-state index contributed by atoms with van der Waals surface area (Å²) in [5.74, 6) is -0.740. The standard InChI is InChI=1S/C29H21F3N4O2/c30-29(31,32)21-15-16-27(38)35(18-21)19-26(37)34-33-17-24-23-13-7-8-14-25(23)36(22-11-5-2-6-12-22)28(24)20-9-3-1-4-10-20/h1-18H,19H2,(H,34,37)/b33-17-. The Morgan fingerprint density at radius 2 is 1.53 bits per heavy atom. The Labute approximate surface area is 215 Å². The summed E-state index contributed by atoms with van der Waals surface area (Å²) in [7, 11) is 0. The first kappa shape index (κ1) is 24.8. The van der Waals surface area contributed by atoms with Crippen LogP contribution in [0.15, 0.2) is 113 Å². The zero-order valence-corrected chi connectivity index (χ0v) is 19.9. The second kappa shape index (κ2) is 10.2. The molecule has 0 aliphatic heterocycles. The Morgan fingerprint density at radius 1 is 0.868 bits per heavy atom. The van der Waals surface area contributed by atoms with E-state index in [9.17, 15) is 22.8 Å². The number of carbonyl (C=O) groups is 1. The number of para-hydroxylation sites is 2. The first-order valence-corrected chi connectivity index (χ1v) is 11.7. The van der Waals surface area contributed by atoms with Crippen LogP contribution < -0.4 is 11.0 Å². The fraction of sp³-hybridized carbons (Fsp3) is 0.0690. The van der Waals surface area contributed by atoms with E-state index < -0.39 is 29.8 Å². The highest BCUT2D eigenvalue weighted by atomic mass is 19.4. The van der Waals surface area contributed by atoms with Gasteiger partial charge in [-0.05, 0) is 29.8 Å². The number of rotatable bonds is 6. The Kier molecular flexibility index (Phi) is 6.66. The maximum Gasteiger partial charge on any atom is 0.417 e. The van der Waals surface area contributed by atoms with Crippen LogP contribution in [0.4, 0.5) is 13.2 Å². The molecule has 2 heterocycles. The first-order valence-electron chi connectivity index (χ1n) is 11.7. The van der Waals surface area contributed by atoms with Gasteiger partial charge in [0.25, 0.3) is 11.5 Å². The van der Waals surface area contributed by atoms with Crippen molar-refractivity contribution in [2.75, 3.05) is 0 Å². The molecule has 0 aliphatic rings. The third-order valence-electron chi connectivity index (χ3n) is 5.98. The summed E-state index contributed by atoms with van der Waals surface area (Å²) in [6.07, 6.45) is -2.51. The summed E-state index contributed by atoms with van der Waals surface area (Å²) in [4.78, 5) is 24.5. The van der Waals surface area contributed by atoms with Gasteiger partial charge in [0, 0.05) is 28.9 Å². The van der Waals surface area contributed by atoms with Gasteiger partial charge in [-0.25, -0.2) is 5.43 Å². The Bertz CT molecular complexity index is 1690. The van der Waals surface area contributed by atoms with Gasteiger partial charge in [0.15, 0.2) is 0 Å². The molecule has 5 rings (SSSR count). The lowest BCUT2D eigenvalue weighted by Gasteiger charge is -2.12. The number of nitrogens with zero attached hydrogens (tertiary/aromatic N) is 3. The van der Waals surface area contributed by atoms with Crippen LogP contribution in [0.1, 0.15) is 11.1 Å². The number of hydrazone groups is 1. The van der Waals surface area contributed by atoms with Crippen LogP contribution >= 0.6 is 0 Å². The molecule has 0 atom stereocenters. The van der Waals surface area contributed by atoms with Crippen LogP contribution in [-0.4, -0.2) is 21.3 Å². The molecular weight excluding hydrogens is 493 g/mol. The van der Waals surface area contributed by atoms with Crippen molar-refractivity contribution in [1.82, 2.24) is 14.6 Å². The number of nitrogens with one attached hydrogen (secondary N) is 1. The molecule has 0 bridgehead atoms. The number of fused-ring (bicyclic) bond motifs is 1. The number of hydrogen-bond donors (Lipinski definition) is 1. The molecular formula is C29H21F3N4O2. The van der Waals surface area contributed by atoms with Crippen LogP contribution in [-0.2, 0) is 17.5 Å². The molecule has 2 aromatic heterocycles. The molecule has 1 N–H and O–H groups in total. The number of hydrogen-bond acceptors (Lipinski definition) is 3. The fourth-order valence-corrected chi connectivity index (χ4v) is 4.30. The van der Waals surface area contributed by atoms with Crippen molar-refractivity contribution in [3.63, 3.8) is 0 Å². The van der Waals surface area contributed by atoms with Gasteiger partial charge in [-0.1, -0.05) is 66.7 Å². The largest absolute Gasteiger partial charge is 0.417 e. The van der Waals surface area contributed by atoms with Crippen molar-refractivity contribution in [2.24, 2.45) is 5.10 Å². The van der Waals surface area contributed by atoms with Gasteiger partial charge in [-0.2, -0.15) is 18.3 Å². The lowest BCUT2D eigenvalue weighted by atomic mass is 10.1. The van der Waals surface area contributed by atoms with Gasteiger partial charge < -0.3 is 9.13 Å². The van der Waals surface area contributed by atoms with E-state index in [0.29, 0.717) is 16.8 Å². The smallest absolute Gasteiger partial charge is 0.309 e. The van der Waals surface area contributed by atoms with Crippen molar-refractivity contribution in [1.29, 1.82) is 0 Å². The lowest BCUT2D eigenvalue weighted by molar-refractivity contribution is -0.138. The summed E-state index contributed by atoms with van der Waals surface area (Å²) in [6, 6.07) is 28.8. The molecule has 3 aromatic carbocycles. The number of alkyl halides is 3. The third-order valence-corrected chi connectivity index (χ3v) is 5.98. The van der Waals surface area contributed by atoms with Gasteiger partial charge in [0.05, 0.1) is 23.0 Å². The Balaban J connectivity index is 1.51. The van der Waals surface area contributed by atoms with Crippen LogP contribution in [0.3, 0.4) is 0 Å². The quantitative estimate of drug-likeness (QED) is 0.236. The summed E-state index contributed by atoms with van der Waals surface area (Å²) in [5.41, 5.74) is 4.98. The molecule has 0 saturated carbocycles. The minimum Gasteiger partial charge on any atom is -0.309 e. The molecule has 0 fully saturated rings. The number of carbonyl (C=O) groups excluding carboxylic acids is 1. The van der Waals surface area contributed by atoms with Gasteiger partial charge in [-0.3, -0.25) is 9.59 Å². The number of amides is 1. The van der Waals surface area contributed by atoms with E-state index in [-0.39, 0.29) is 0 Å². The zero-order chi connectivity index (χ0) is 26.7. The molecule has 6 nitrogen and oxygen atoms in total. The fourth-order valence-electron chi connectivity index (χ4n) is 4.30. The molecule has 0 unspecified atom stereocenters. The van der Waals surface area contributed by atoms with E-state index >= 15 is 0 Å². The predicted molar refractivity (Wildman–Crippen MR) is 140 cm³/mol. The van der Waals surface area contributed by atoms with Crippen LogP contribution in [0.25, 0.3) is 27.8 Å². The molecule has 9 heteroatoms. The van der Waals surface area contributed by atoms with E-state index in [4.69, 9.17) is 0 Å². The van der Waals surface area contributed by atoms with E-state index in [1.165, 1.54) is 6.21 Å². The van der Waals surface area contributed by atoms with Crippen LogP contribution in [0.2, 0.25) is 0 Å². The second-order valence-electron chi connectivity index (χ2n) is 8.49. The number of aromatic nitrogens is 2. The summed E-state index contributed by atoms with van der Waals surface area (Å²) in [6.45, 7) is -0.614. The third kappa shape index (κ3) is 4.99. The molecule has 38 heavy (non-hydrogen) atoms. The number of benzene rings is 3. The predicted octanol–water partition coefficient (Wildman–Crippen LogP) is 5.63. The topological polar surface area (TPSA) is 68.4 Å². The maximum atomic E-state index is 13.0. The monoisotopic (exact) mass is 514 g/mol. The van der Waals surface area contributed by atoms with Crippen molar-refractivity contribution in [2.45, 2.75) is 12.7 Å². The SMILES string of the molecule is O=C(Cn1cc(C(F)(F)F)ccc1=O)N/N=C\c1c(-c2ccccc2)n(-c2ccccc2)c2ccccc12. The first-order chi connectivity index (χ1) is 18.3. The highest BCUT2D eigenvalue weighted by Crippen LogP contribution is 2.35. The van der Waals surface area contributed by atoms with Crippen LogP contribution in [0, 0.1) is 0 Å². The Morgan fingerprint density at radius 3 is 2.24 bits per heavy atom. The van der Waals surface area contributed by atoms with Crippen molar-refractivity contribution in [3.05, 3.63) is 125 Å². The van der Waals surface area contributed by atoms with Gasteiger partial charge in [0.2, 0.25) is 0 Å². The summed E-state index contributed by atoms with van der Waals surface area (Å²) < 4.78 is 41.9. The molecule has 190 valence electrons. The maximum absolute atomic E-state index is 13.0. The number of halogens is 3. The zero-order valence-electron chi connectivity index (χ0n) is 19.9. The minimum atomic E-state index is -4.63. The highest BCUT2D eigenvalue weighted by molar-refractivity contribution is 6.07. The van der Waals surface area contributed by atoms with Crippen molar-refractivity contribution >= 4 is 23.0 Å². The minimum absolute atomic E-state index is 0.614. The molecule has 0 aliphatic carbocycles. The van der Waals surface area contributed by atoms with Crippen molar-refractivity contribution in [3.8, 4) is 16.9 Å². The molecule has 1 amide bonds. The van der Waals surface area contributed by atoms with E-state index in [0.717, 1.165) is 39.5 Å². The molecule has 5 aromatic rings. The lowest BCUT2D eigenvalue weighted by Crippen LogP contribution is -2.30. The van der Waals surface area contributed by atoms with Gasteiger partial charge >= 0.3 is 6.18 Å². The average Bonchev–Trinajstić information content (AvgIpc) is 3.24. The number of pyridine rings is 1. The van der Waals surface area contributed by atoms with E-state index in [1.807, 2.05) is 84.9 Å². The highest BCUT2D eigenvalue weighted by Gasteiger charge is 2.31. The normalized spacial score (nSPS) is 11.8. The van der Waals surface area contributed by atoms with Gasteiger partial charge in [0.1, 0.15) is 6.54 Å². The van der Waals surface area contributed by atoms with E-state index in [1.54, 1.807) is 0 Å². The summed E-state index contributed by atoms with van der Waals surface area (Å²) in [5, 5.41) is 5.00. The van der Waals surface area contributed by atoms with Gasteiger partial charge in [-0.15, -0.1) is 0 Å². The average molecular weight is 515 g/mol. The molecule has 0 radical (unpaired) electrons. The van der Waals surface area contributed by atoms with E-state index in [2.05, 4.69) is 15.1 Å². The second-order valence-corrected chi connectivity index (χ2v) is 8.49. The van der Waals surface area contributed by atoms with Crippen LogP contribution in [0.5, 0.6) is 0 Å². The molecule has 0 spiro atoms. The Hall–Kier alpha value is -4.92. The van der Waals surface area contributed by atoms with Crippen molar-refractivity contribution < 1.29 is 18.0 Å². The summed E-state index contributed by atoms with van der Waals surface area (Å²) >= 11 is 0.